The molecule has 6 heteroatoms. The normalized spacial score (nSPS) is 10.9. The van der Waals surface area contributed by atoms with E-state index in [0.29, 0.717) is 0 Å². The van der Waals surface area contributed by atoms with E-state index < -0.39 is 7.82 Å². The number of hydrogen-bond acceptors (Lipinski definition) is 4. The number of aryl methyl sites for hydroxylation is 1. The molecule has 20 heavy (non-hydrogen) atoms. The van der Waals surface area contributed by atoms with Gasteiger partial charge in [0, 0.05) is 0 Å². The maximum Gasteiger partial charge on any atom is 2.00 e. The minimum Gasteiger partial charge on any atom is -0.780 e. The molecule has 0 atom stereocenters. The summed E-state index contributed by atoms with van der Waals surface area (Å²) < 4.78 is 15.1. The van der Waals surface area contributed by atoms with Gasteiger partial charge in [-0.15, -0.1) is 0 Å². The molecule has 4 nitrogen and oxygen atoms in total. The van der Waals surface area contributed by atoms with Gasteiger partial charge in [0.05, 0.1) is 0 Å². The van der Waals surface area contributed by atoms with Crippen molar-refractivity contribution in [1.29, 1.82) is 0 Å². The molecule has 0 N–H and O–H groups in total. The van der Waals surface area contributed by atoms with E-state index in [-0.39, 0.29) is 22.2 Å². The van der Waals surface area contributed by atoms with E-state index in [9.17, 15) is 14.4 Å². The molecular formula is C14H21NiO4P. The van der Waals surface area contributed by atoms with Crippen molar-refractivity contribution < 1.29 is 35.4 Å². The van der Waals surface area contributed by atoms with E-state index >= 15 is 0 Å². The second-order valence-electron chi connectivity index (χ2n) is 4.66. The SMILES string of the molecule is CCCCCCCCc1ccccc1OP(=O)([O-])[O-].[Ni+2]. The summed E-state index contributed by atoms with van der Waals surface area (Å²) in [7, 11) is -4.97. The van der Waals surface area contributed by atoms with Crippen LogP contribution in [-0.2, 0) is 27.5 Å². The summed E-state index contributed by atoms with van der Waals surface area (Å²) in [6, 6.07) is 6.81. The number of para-hydroxylation sites is 1. The summed E-state index contributed by atoms with van der Waals surface area (Å²) >= 11 is 0. The molecule has 0 radical (unpaired) electrons. The van der Waals surface area contributed by atoms with Crippen LogP contribution in [0.25, 0.3) is 0 Å². The smallest absolute Gasteiger partial charge is 0.780 e. The van der Waals surface area contributed by atoms with E-state index in [1.165, 1.54) is 31.7 Å². The third-order valence-electron chi connectivity index (χ3n) is 2.98. The molecule has 1 rings (SSSR count). The molecule has 1 aromatic carbocycles. The first-order valence-electron chi connectivity index (χ1n) is 6.82. The van der Waals surface area contributed by atoms with Gasteiger partial charge >= 0.3 is 16.5 Å². The molecule has 1 aromatic rings. The van der Waals surface area contributed by atoms with Crippen LogP contribution >= 0.6 is 7.82 Å². The molecule has 0 aliphatic carbocycles. The van der Waals surface area contributed by atoms with Crippen LogP contribution in [0.4, 0.5) is 0 Å². The van der Waals surface area contributed by atoms with E-state index in [0.717, 1.165) is 24.8 Å². The number of rotatable bonds is 9. The Morgan fingerprint density at radius 2 is 1.65 bits per heavy atom. The van der Waals surface area contributed by atoms with Crippen LogP contribution in [0.1, 0.15) is 51.0 Å². The first-order valence-corrected chi connectivity index (χ1v) is 8.28. The van der Waals surface area contributed by atoms with Crippen molar-refractivity contribution in [3.63, 3.8) is 0 Å². The van der Waals surface area contributed by atoms with E-state index in [1.807, 2.05) is 6.07 Å². The number of hydrogen-bond donors (Lipinski definition) is 0. The maximum atomic E-state index is 10.7. The van der Waals surface area contributed by atoms with E-state index in [2.05, 4.69) is 11.4 Å². The first kappa shape index (κ1) is 19.7. The molecule has 0 aliphatic rings. The quantitative estimate of drug-likeness (QED) is 0.393. The summed E-state index contributed by atoms with van der Waals surface area (Å²) in [5.74, 6) is 0.171. The zero-order valence-electron chi connectivity index (χ0n) is 11.7. The summed E-state index contributed by atoms with van der Waals surface area (Å²) in [5.41, 5.74) is 0.782. The molecule has 0 fully saturated rings. The van der Waals surface area contributed by atoms with E-state index in [1.54, 1.807) is 12.1 Å². The average Bonchev–Trinajstić information content (AvgIpc) is 2.33. The Morgan fingerprint density at radius 3 is 2.30 bits per heavy atom. The Labute approximate surface area is 131 Å². The third kappa shape index (κ3) is 8.76. The van der Waals surface area contributed by atoms with Crippen LogP contribution in [-0.4, -0.2) is 0 Å². The van der Waals surface area contributed by atoms with Gasteiger partial charge in [0.2, 0.25) is 0 Å². The Kier molecular flexibility index (Phi) is 10.2. The van der Waals surface area contributed by atoms with E-state index in [4.69, 9.17) is 0 Å². The van der Waals surface area contributed by atoms with Crippen molar-refractivity contribution in [2.75, 3.05) is 0 Å². The second-order valence-corrected chi connectivity index (χ2v) is 5.74. The maximum absolute atomic E-state index is 10.7. The molecule has 0 amide bonds. The Balaban J connectivity index is 0.00000361. The topological polar surface area (TPSA) is 72.4 Å². The summed E-state index contributed by atoms with van der Waals surface area (Å²) in [4.78, 5) is 21.3. The van der Waals surface area contributed by atoms with Gasteiger partial charge in [-0.2, -0.15) is 0 Å². The number of unbranched alkanes of at least 4 members (excludes halogenated alkanes) is 5. The third-order valence-corrected chi connectivity index (χ3v) is 3.40. The van der Waals surface area contributed by atoms with Gasteiger partial charge in [-0.3, -0.25) is 0 Å². The Morgan fingerprint density at radius 1 is 1.05 bits per heavy atom. The van der Waals surface area contributed by atoms with Crippen LogP contribution in [0.2, 0.25) is 0 Å². The van der Waals surface area contributed by atoms with Gasteiger partial charge in [0.25, 0.3) is 0 Å². The van der Waals surface area contributed by atoms with Gasteiger partial charge < -0.3 is 18.9 Å². The molecular weight excluding hydrogens is 322 g/mol. The standard InChI is InChI=1S/C14H23O4P.Ni/c1-2-3-4-5-6-7-10-13-11-8-9-12-14(13)18-19(15,16)17;/h8-9,11-12H,2-7,10H2,1H3,(H2,15,16,17);/q;+2/p-2. The van der Waals surface area contributed by atoms with Crippen LogP contribution < -0.4 is 14.3 Å². The number of phosphoric ester groups is 1. The van der Waals surface area contributed by atoms with Gasteiger partial charge in [0.15, 0.2) is 0 Å². The fourth-order valence-corrected chi connectivity index (χ4v) is 2.43. The van der Waals surface area contributed by atoms with Crippen molar-refractivity contribution >= 4 is 7.82 Å². The fourth-order valence-electron chi connectivity index (χ4n) is 2.02. The van der Waals surface area contributed by atoms with Crippen molar-refractivity contribution in [2.24, 2.45) is 0 Å². The molecule has 0 aromatic heterocycles. The zero-order valence-corrected chi connectivity index (χ0v) is 13.5. The Hall–Kier alpha value is -0.336. The number of phosphoric acid groups is 1. The monoisotopic (exact) mass is 342 g/mol. The minimum absolute atomic E-state index is 0. The second kappa shape index (κ2) is 10.4. The van der Waals surface area contributed by atoms with Crippen LogP contribution in [0.5, 0.6) is 5.75 Å². The van der Waals surface area contributed by atoms with Crippen molar-refractivity contribution in [3.8, 4) is 5.75 Å². The van der Waals surface area contributed by atoms with Crippen molar-refractivity contribution in [1.82, 2.24) is 0 Å². The molecule has 0 saturated carbocycles. The first-order chi connectivity index (χ1) is 9.03. The minimum atomic E-state index is -4.97. The van der Waals surface area contributed by atoms with Gasteiger partial charge in [-0.05, 0) is 24.5 Å². The van der Waals surface area contributed by atoms with Crippen LogP contribution in [0.3, 0.4) is 0 Å². The Bertz CT molecular complexity index is 419. The van der Waals surface area contributed by atoms with Gasteiger partial charge in [-0.25, -0.2) is 0 Å². The average molecular weight is 343 g/mol. The van der Waals surface area contributed by atoms with Crippen molar-refractivity contribution in [3.05, 3.63) is 29.8 Å². The molecule has 0 saturated heterocycles. The molecule has 0 heterocycles. The largest absolute Gasteiger partial charge is 2.00 e. The van der Waals surface area contributed by atoms with Gasteiger partial charge in [0.1, 0.15) is 13.6 Å². The molecule has 0 spiro atoms. The summed E-state index contributed by atoms with van der Waals surface area (Å²) in [6.45, 7) is 2.18. The zero-order chi connectivity index (χ0) is 14.1. The van der Waals surface area contributed by atoms with Crippen LogP contribution in [0.15, 0.2) is 24.3 Å². The summed E-state index contributed by atoms with van der Waals surface area (Å²) in [5, 5.41) is 0. The summed E-state index contributed by atoms with van der Waals surface area (Å²) in [6.07, 6.45) is 7.74. The fraction of sp³-hybridized carbons (Fsp3) is 0.571. The molecule has 0 unspecified atom stereocenters. The molecule has 116 valence electrons. The number of benzene rings is 1. The van der Waals surface area contributed by atoms with Gasteiger partial charge in [-0.1, -0.05) is 57.2 Å². The van der Waals surface area contributed by atoms with Crippen LogP contribution in [0, 0.1) is 0 Å². The van der Waals surface area contributed by atoms with Crippen molar-refractivity contribution in [2.45, 2.75) is 51.9 Å². The predicted molar refractivity (Wildman–Crippen MR) is 71.8 cm³/mol. The predicted octanol–water partition coefficient (Wildman–Crippen LogP) is 2.79. The molecule has 0 bridgehead atoms. The molecule has 0 aliphatic heterocycles.